The van der Waals surface area contributed by atoms with E-state index in [1.165, 1.54) is 38.5 Å². The number of phosphoric acid groups is 1. The molecule has 0 bridgehead atoms. The molecule has 0 saturated heterocycles. The largest absolute Gasteiger partial charge is 0.756 e. The molecule has 0 spiro atoms. The lowest BCUT2D eigenvalue weighted by atomic mass is 10.1. The molecule has 0 aliphatic rings. The number of rotatable bonds is 45. The van der Waals surface area contributed by atoms with E-state index in [0.29, 0.717) is 17.6 Å². The van der Waals surface area contributed by atoms with Crippen molar-refractivity contribution in [2.45, 2.75) is 174 Å². The van der Waals surface area contributed by atoms with Crippen LogP contribution in [0.5, 0.6) is 0 Å². The van der Waals surface area contributed by atoms with Gasteiger partial charge in [0.25, 0.3) is 7.82 Å². The summed E-state index contributed by atoms with van der Waals surface area (Å²) >= 11 is 0. The average Bonchev–Trinajstić information content (AvgIpc) is 3.27. The Morgan fingerprint density at radius 2 is 0.846 bits per heavy atom. The number of esters is 1. The second kappa shape index (κ2) is 47.4. The fourth-order valence-corrected chi connectivity index (χ4v) is 6.92. The van der Waals surface area contributed by atoms with Crippen LogP contribution in [0, 0.1) is 0 Å². The molecule has 370 valence electrons. The normalized spacial score (nSPS) is 14.6. The molecule has 0 fully saturated rings. The minimum atomic E-state index is -4.55. The molecule has 0 N–H and O–H groups in total. The van der Waals surface area contributed by atoms with Crippen molar-refractivity contribution in [1.29, 1.82) is 0 Å². The van der Waals surface area contributed by atoms with Crippen LogP contribution < -0.4 is 4.89 Å². The highest BCUT2D eigenvalue weighted by Crippen LogP contribution is 2.38. The van der Waals surface area contributed by atoms with Gasteiger partial charge in [-0.1, -0.05) is 180 Å². The Bertz CT molecular complexity index is 1450. The zero-order valence-electron chi connectivity index (χ0n) is 41.9. The number of carbonyl (C=O) groups excluding carboxylic acids is 1. The van der Waals surface area contributed by atoms with Crippen LogP contribution in [0.15, 0.2) is 122 Å². The predicted molar refractivity (Wildman–Crippen MR) is 277 cm³/mol. The molecule has 0 radical (unpaired) electrons. The molecule has 2 unspecified atom stereocenters. The number of hydrogen-bond donors (Lipinski definition) is 0. The molecular formula is C56H94NO7P. The van der Waals surface area contributed by atoms with Gasteiger partial charge in [0, 0.05) is 13.0 Å². The van der Waals surface area contributed by atoms with E-state index in [9.17, 15) is 14.3 Å². The molecule has 8 nitrogen and oxygen atoms in total. The van der Waals surface area contributed by atoms with Crippen molar-refractivity contribution < 1.29 is 37.3 Å². The van der Waals surface area contributed by atoms with Crippen LogP contribution in [0.1, 0.15) is 168 Å². The SMILES string of the molecule is CC/C=C\C/C=C\C/C=C\C/C=C\C/C=C\CCCCCCCCCCCC(=O)OC(COCCCC/C=C\C/C=C\C/C=C\C/C=C\C/C=C\CC)COP(=O)([O-])OCC[N+](C)(C)C. The Balaban J connectivity index is 4.25. The van der Waals surface area contributed by atoms with E-state index in [4.69, 9.17) is 18.5 Å². The van der Waals surface area contributed by atoms with E-state index < -0.39 is 13.9 Å². The van der Waals surface area contributed by atoms with Crippen LogP contribution in [-0.4, -0.2) is 70.7 Å². The van der Waals surface area contributed by atoms with Crippen LogP contribution >= 0.6 is 7.82 Å². The molecular weight excluding hydrogens is 830 g/mol. The Hall–Kier alpha value is -3.10. The molecule has 0 aliphatic heterocycles. The van der Waals surface area contributed by atoms with E-state index in [2.05, 4.69) is 135 Å². The predicted octanol–water partition coefficient (Wildman–Crippen LogP) is 15.1. The van der Waals surface area contributed by atoms with Crippen LogP contribution in [0.2, 0.25) is 0 Å². The van der Waals surface area contributed by atoms with Gasteiger partial charge in [0.2, 0.25) is 0 Å². The number of likely N-dealkylation sites (N-methyl/N-ethyl adjacent to an activating group) is 1. The zero-order chi connectivity index (χ0) is 47.6. The molecule has 0 saturated carbocycles. The number of ether oxygens (including phenoxy) is 2. The van der Waals surface area contributed by atoms with Gasteiger partial charge in [0.15, 0.2) is 0 Å². The molecule has 0 rings (SSSR count). The van der Waals surface area contributed by atoms with Gasteiger partial charge in [-0.25, -0.2) is 0 Å². The number of carbonyl (C=O) groups is 1. The molecule has 2 atom stereocenters. The average molecular weight is 924 g/mol. The smallest absolute Gasteiger partial charge is 0.306 e. The number of nitrogens with zero attached hydrogens (tertiary/aromatic N) is 1. The third kappa shape index (κ3) is 51.7. The molecule has 0 aliphatic carbocycles. The number of quaternary nitrogens is 1. The highest BCUT2D eigenvalue weighted by Gasteiger charge is 2.20. The third-order valence-corrected chi connectivity index (χ3v) is 11.0. The van der Waals surface area contributed by atoms with Gasteiger partial charge in [-0.05, 0) is 103 Å². The standard InChI is InChI=1S/C56H94NO7P/c1-6-8-10-12-14-16-18-20-22-24-26-27-28-29-30-31-32-33-35-37-39-41-43-45-47-49-56(58)64-55(54-63-65(59,60)62-52-50-57(3,4)5)53-61-51-48-46-44-42-40-38-36-34-25-23-21-19-17-15-13-11-9-7-2/h8-11,14-17,20-23,26-27,29-30,34,36,40,42,55H,6-7,12-13,18-19,24-25,28,31-33,35,37-39,41,43-54H2,1-5H3/b10-8-,11-9-,16-14-,17-15-,22-20-,23-21-,27-26-,30-29-,36-34-,42-40-. The fourth-order valence-electron chi connectivity index (χ4n) is 6.19. The number of unbranched alkanes of at least 4 members (excludes halogenated alkanes) is 11. The molecule has 0 heterocycles. The minimum absolute atomic E-state index is 0.00886. The zero-order valence-corrected chi connectivity index (χ0v) is 42.8. The van der Waals surface area contributed by atoms with Gasteiger partial charge < -0.3 is 27.9 Å². The third-order valence-electron chi connectivity index (χ3n) is 10.0. The maximum atomic E-state index is 12.8. The summed E-state index contributed by atoms with van der Waals surface area (Å²) in [5.41, 5.74) is 0. The summed E-state index contributed by atoms with van der Waals surface area (Å²) in [6.45, 7) is 5.03. The summed E-state index contributed by atoms with van der Waals surface area (Å²) in [6.07, 6.45) is 68.0. The van der Waals surface area contributed by atoms with Crippen LogP contribution in [0.4, 0.5) is 0 Å². The first-order valence-corrected chi connectivity index (χ1v) is 26.7. The second-order valence-corrected chi connectivity index (χ2v) is 18.8. The summed E-state index contributed by atoms with van der Waals surface area (Å²) in [4.78, 5) is 25.2. The van der Waals surface area contributed by atoms with E-state index in [0.717, 1.165) is 109 Å². The highest BCUT2D eigenvalue weighted by atomic mass is 31.2. The van der Waals surface area contributed by atoms with Gasteiger partial charge >= 0.3 is 5.97 Å². The molecule has 0 aromatic carbocycles. The number of phosphoric ester groups is 1. The molecule has 9 heteroatoms. The van der Waals surface area contributed by atoms with E-state index in [1.807, 2.05) is 21.1 Å². The first-order chi connectivity index (χ1) is 31.6. The van der Waals surface area contributed by atoms with Gasteiger partial charge in [0.05, 0.1) is 34.4 Å². The Labute approximate surface area is 399 Å². The maximum Gasteiger partial charge on any atom is 0.306 e. The lowest BCUT2D eigenvalue weighted by Crippen LogP contribution is -2.37. The fraction of sp³-hybridized carbons (Fsp3) is 0.625. The van der Waals surface area contributed by atoms with Crippen molar-refractivity contribution in [2.75, 3.05) is 54.1 Å². The summed E-state index contributed by atoms with van der Waals surface area (Å²) in [5.74, 6) is -0.361. The summed E-state index contributed by atoms with van der Waals surface area (Å²) in [7, 11) is 1.30. The second-order valence-electron chi connectivity index (χ2n) is 17.4. The quantitative estimate of drug-likeness (QED) is 0.0197. The Kier molecular flexibility index (Phi) is 45.1. The van der Waals surface area contributed by atoms with Gasteiger partial charge in [-0.15, -0.1) is 0 Å². The first-order valence-electron chi connectivity index (χ1n) is 25.3. The van der Waals surface area contributed by atoms with Crippen LogP contribution in [0.3, 0.4) is 0 Å². The van der Waals surface area contributed by atoms with Crippen molar-refractivity contribution in [1.82, 2.24) is 0 Å². The monoisotopic (exact) mass is 924 g/mol. The van der Waals surface area contributed by atoms with Crippen LogP contribution in [0.25, 0.3) is 0 Å². The Morgan fingerprint density at radius 1 is 0.477 bits per heavy atom. The maximum absolute atomic E-state index is 12.8. The molecule has 0 aromatic heterocycles. The van der Waals surface area contributed by atoms with Crippen molar-refractivity contribution in [3.05, 3.63) is 122 Å². The lowest BCUT2D eigenvalue weighted by molar-refractivity contribution is -0.870. The van der Waals surface area contributed by atoms with Crippen molar-refractivity contribution >= 4 is 13.8 Å². The molecule has 0 aromatic rings. The van der Waals surface area contributed by atoms with Gasteiger partial charge in [0.1, 0.15) is 19.3 Å². The lowest BCUT2D eigenvalue weighted by Gasteiger charge is -2.28. The van der Waals surface area contributed by atoms with Crippen molar-refractivity contribution in [3.8, 4) is 0 Å². The number of hydrogen-bond acceptors (Lipinski definition) is 7. The van der Waals surface area contributed by atoms with E-state index >= 15 is 0 Å². The summed E-state index contributed by atoms with van der Waals surface area (Å²) < 4.78 is 34.7. The van der Waals surface area contributed by atoms with Gasteiger partial charge in [-0.2, -0.15) is 0 Å². The highest BCUT2D eigenvalue weighted by molar-refractivity contribution is 7.45. The molecule has 0 amide bonds. The summed E-state index contributed by atoms with van der Waals surface area (Å²) in [5, 5.41) is 0. The van der Waals surface area contributed by atoms with E-state index in [-0.39, 0.29) is 32.2 Å². The van der Waals surface area contributed by atoms with Crippen molar-refractivity contribution in [2.24, 2.45) is 0 Å². The minimum Gasteiger partial charge on any atom is -0.756 e. The molecule has 65 heavy (non-hydrogen) atoms. The summed E-state index contributed by atoms with van der Waals surface area (Å²) in [6, 6.07) is 0. The first kappa shape index (κ1) is 61.9. The van der Waals surface area contributed by atoms with Crippen LogP contribution in [-0.2, 0) is 27.9 Å². The van der Waals surface area contributed by atoms with Crippen molar-refractivity contribution in [3.63, 3.8) is 0 Å². The van der Waals surface area contributed by atoms with Gasteiger partial charge in [-0.3, -0.25) is 9.36 Å². The topological polar surface area (TPSA) is 94.1 Å². The number of allylic oxidation sites excluding steroid dienone is 20. The van der Waals surface area contributed by atoms with E-state index in [1.54, 1.807) is 0 Å². The Morgan fingerprint density at radius 3 is 1.26 bits per heavy atom.